The Labute approximate surface area is 194 Å². The van der Waals surface area contributed by atoms with Gasteiger partial charge in [0.2, 0.25) is 0 Å². The topological polar surface area (TPSA) is 12.9 Å². The molecule has 0 spiro atoms. The van der Waals surface area contributed by atoms with E-state index in [1.54, 1.807) is 0 Å². The van der Waals surface area contributed by atoms with Crippen LogP contribution in [0.3, 0.4) is 0 Å². The van der Waals surface area contributed by atoms with E-state index in [2.05, 4.69) is 118 Å². The van der Waals surface area contributed by atoms with E-state index >= 15 is 0 Å². The van der Waals surface area contributed by atoms with E-state index in [1.807, 2.05) is 0 Å². The third kappa shape index (κ3) is 3.04. The average molecular weight is 424 g/mol. The van der Waals surface area contributed by atoms with Crippen molar-refractivity contribution in [2.45, 2.75) is 20.8 Å². The molecule has 0 saturated heterocycles. The van der Waals surface area contributed by atoms with Crippen molar-refractivity contribution in [2.24, 2.45) is 0 Å². The number of nitrogens with zero attached hydrogens (tertiary/aromatic N) is 1. The zero-order valence-electron chi connectivity index (χ0n) is 19.2. The molecule has 0 aliphatic carbocycles. The van der Waals surface area contributed by atoms with Crippen LogP contribution < -0.4 is 0 Å². The molecule has 1 heteroatoms. The Morgan fingerprint density at radius 3 is 1.79 bits per heavy atom. The maximum Gasteiger partial charge on any atom is 0.0708 e. The van der Waals surface area contributed by atoms with Crippen LogP contribution in [-0.4, -0.2) is 4.98 Å². The van der Waals surface area contributed by atoms with Gasteiger partial charge in [-0.25, -0.2) is 0 Å². The van der Waals surface area contributed by atoms with E-state index in [0.29, 0.717) is 0 Å². The minimum absolute atomic E-state index is 1.03. The predicted octanol–water partition coefficient (Wildman–Crippen LogP) is 8.80. The quantitative estimate of drug-likeness (QED) is 0.200. The molecule has 0 saturated carbocycles. The second kappa shape index (κ2) is 7.56. The predicted molar refractivity (Wildman–Crippen MR) is 142 cm³/mol. The standard InChI is InChI=1S/C32H25N/c1-20-17-24(18-21(2)22(20)3)30-25-13-7-8-14-26(25)31(23-11-5-4-6-12-23)32-27-15-9-10-16-29(27)33-19-28(30)32/h4-19H,1-3H3. The molecule has 0 atom stereocenters. The van der Waals surface area contributed by atoms with E-state index in [1.165, 1.54) is 65.9 Å². The van der Waals surface area contributed by atoms with Crippen LogP contribution in [0.1, 0.15) is 16.7 Å². The Morgan fingerprint density at radius 1 is 0.515 bits per heavy atom. The minimum Gasteiger partial charge on any atom is -0.256 e. The van der Waals surface area contributed by atoms with Crippen molar-refractivity contribution in [3.8, 4) is 22.3 Å². The lowest BCUT2D eigenvalue weighted by atomic mass is 9.84. The van der Waals surface area contributed by atoms with Crippen molar-refractivity contribution >= 4 is 32.4 Å². The van der Waals surface area contributed by atoms with Gasteiger partial charge in [0.1, 0.15) is 0 Å². The van der Waals surface area contributed by atoms with Crippen LogP contribution in [0.5, 0.6) is 0 Å². The van der Waals surface area contributed by atoms with Crippen LogP contribution in [-0.2, 0) is 0 Å². The van der Waals surface area contributed by atoms with Crippen LogP contribution >= 0.6 is 0 Å². The minimum atomic E-state index is 1.03. The third-order valence-electron chi connectivity index (χ3n) is 7.04. The molecular formula is C32H25N. The van der Waals surface area contributed by atoms with Gasteiger partial charge in [-0.05, 0) is 76.6 Å². The number of hydrogen-bond donors (Lipinski definition) is 0. The summed E-state index contributed by atoms with van der Waals surface area (Å²) in [6.07, 6.45) is 2.08. The normalized spacial score (nSPS) is 11.5. The summed E-state index contributed by atoms with van der Waals surface area (Å²) in [6, 6.07) is 32.8. The Hall–Kier alpha value is -3.97. The van der Waals surface area contributed by atoms with Gasteiger partial charge in [-0.15, -0.1) is 0 Å². The second-order valence-electron chi connectivity index (χ2n) is 8.96. The number of fused-ring (bicyclic) bond motifs is 4. The van der Waals surface area contributed by atoms with Gasteiger partial charge in [0.05, 0.1) is 5.52 Å². The van der Waals surface area contributed by atoms with Crippen molar-refractivity contribution in [3.05, 3.63) is 114 Å². The first-order valence-corrected chi connectivity index (χ1v) is 11.5. The van der Waals surface area contributed by atoms with Crippen LogP contribution in [0.2, 0.25) is 0 Å². The molecule has 1 aromatic heterocycles. The molecule has 1 heterocycles. The van der Waals surface area contributed by atoms with Gasteiger partial charge in [-0.2, -0.15) is 0 Å². The lowest BCUT2D eigenvalue weighted by molar-refractivity contribution is 1.27. The molecule has 33 heavy (non-hydrogen) atoms. The van der Waals surface area contributed by atoms with E-state index < -0.39 is 0 Å². The number of rotatable bonds is 2. The van der Waals surface area contributed by atoms with E-state index in [4.69, 9.17) is 4.98 Å². The Balaban J connectivity index is 1.90. The summed E-state index contributed by atoms with van der Waals surface area (Å²) in [5, 5.41) is 6.22. The molecule has 0 fully saturated rings. The third-order valence-corrected chi connectivity index (χ3v) is 7.04. The smallest absolute Gasteiger partial charge is 0.0708 e. The first-order valence-electron chi connectivity index (χ1n) is 11.5. The summed E-state index contributed by atoms with van der Waals surface area (Å²) in [7, 11) is 0. The van der Waals surface area contributed by atoms with Gasteiger partial charge >= 0.3 is 0 Å². The lowest BCUT2D eigenvalue weighted by Gasteiger charge is -2.20. The number of pyridine rings is 1. The van der Waals surface area contributed by atoms with Gasteiger partial charge in [-0.1, -0.05) is 84.9 Å². The van der Waals surface area contributed by atoms with Gasteiger partial charge in [0, 0.05) is 22.4 Å². The number of aryl methyl sites for hydroxylation is 2. The lowest BCUT2D eigenvalue weighted by Crippen LogP contribution is -1.95. The maximum absolute atomic E-state index is 4.90. The van der Waals surface area contributed by atoms with E-state index in [-0.39, 0.29) is 0 Å². The van der Waals surface area contributed by atoms with Crippen molar-refractivity contribution < 1.29 is 0 Å². The highest BCUT2D eigenvalue weighted by Gasteiger charge is 2.19. The molecule has 0 amide bonds. The van der Waals surface area contributed by atoms with Crippen molar-refractivity contribution in [1.82, 2.24) is 4.98 Å². The highest BCUT2D eigenvalue weighted by Crippen LogP contribution is 2.45. The van der Waals surface area contributed by atoms with Crippen LogP contribution in [0.15, 0.2) is 97.2 Å². The fourth-order valence-electron chi connectivity index (χ4n) is 5.19. The fourth-order valence-corrected chi connectivity index (χ4v) is 5.19. The van der Waals surface area contributed by atoms with Gasteiger partial charge in [0.25, 0.3) is 0 Å². The molecule has 0 aliphatic heterocycles. The first-order chi connectivity index (χ1) is 16.1. The monoisotopic (exact) mass is 423 g/mol. The number of benzene rings is 5. The molecule has 0 N–H and O–H groups in total. The molecule has 6 aromatic rings. The Kier molecular flexibility index (Phi) is 4.52. The van der Waals surface area contributed by atoms with Gasteiger partial charge in [0.15, 0.2) is 0 Å². The molecule has 6 rings (SSSR count). The summed E-state index contributed by atoms with van der Waals surface area (Å²) in [4.78, 5) is 4.90. The maximum atomic E-state index is 4.90. The molecule has 1 nitrogen and oxygen atoms in total. The van der Waals surface area contributed by atoms with Crippen molar-refractivity contribution in [1.29, 1.82) is 0 Å². The van der Waals surface area contributed by atoms with Crippen LogP contribution in [0.25, 0.3) is 54.7 Å². The summed E-state index contributed by atoms with van der Waals surface area (Å²) >= 11 is 0. The summed E-state index contributed by atoms with van der Waals surface area (Å²) in [5.74, 6) is 0. The molecule has 5 aromatic carbocycles. The molecule has 0 bridgehead atoms. The van der Waals surface area contributed by atoms with Crippen LogP contribution in [0, 0.1) is 20.8 Å². The van der Waals surface area contributed by atoms with Crippen molar-refractivity contribution in [2.75, 3.05) is 0 Å². The summed E-state index contributed by atoms with van der Waals surface area (Å²) in [5.41, 5.74) is 10.1. The fraction of sp³-hybridized carbons (Fsp3) is 0.0938. The van der Waals surface area contributed by atoms with E-state index in [0.717, 1.165) is 5.52 Å². The van der Waals surface area contributed by atoms with E-state index in [9.17, 15) is 0 Å². The molecule has 158 valence electrons. The van der Waals surface area contributed by atoms with Crippen molar-refractivity contribution in [3.63, 3.8) is 0 Å². The van der Waals surface area contributed by atoms with Crippen LogP contribution in [0.4, 0.5) is 0 Å². The molecule has 0 radical (unpaired) electrons. The highest BCUT2D eigenvalue weighted by molar-refractivity contribution is 6.27. The number of hydrogen-bond acceptors (Lipinski definition) is 1. The zero-order chi connectivity index (χ0) is 22.5. The molecular weight excluding hydrogens is 398 g/mol. The molecule has 0 aliphatic rings. The summed E-state index contributed by atoms with van der Waals surface area (Å²) < 4.78 is 0. The number of aromatic nitrogens is 1. The average Bonchev–Trinajstić information content (AvgIpc) is 2.86. The SMILES string of the molecule is Cc1cc(-c2c3ccccc3c(-c3ccccc3)c3c2cnc2ccccc23)cc(C)c1C. The Morgan fingerprint density at radius 2 is 1.09 bits per heavy atom. The van der Waals surface area contributed by atoms with Gasteiger partial charge in [-0.3, -0.25) is 4.98 Å². The Bertz CT molecular complexity index is 1650. The van der Waals surface area contributed by atoms with Gasteiger partial charge < -0.3 is 0 Å². The second-order valence-corrected chi connectivity index (χ2v) is 8.96. The largest absolute Gasteiger partial charge is 0.256 e. The zero-order valence-corrected chi connectivity index (χ0v) is 19.2. The molecule has 0 unspecified atom stereocenters. The number of para-hydroxylation sites is 1. The highest BCUT2D eigenvalue weighted by atomic mass is 14.6. The summed E-state index contributed by atoms with van der Waals surface area (Å²) in [6.45, 7) is 6.63. The first kappa shape index (κ1) is 19.7.